The van der Waals surface area contributed by atoms with Gasteiger partial charge in [0.1, 0.15) is 0 Å². The minimum atomic E-state index is -0.653. The Morgan fingerprint density at radius 2 is 0.818 bits per heavy atom. The zero-order chi connectivity index (χ0) is 24.7. The summed E-state index contributed by atoms with van der Waals surface area (Å²) in [5.41, 5.74) is 0. The van der Waals surface area contributed by atoms with Gasteiger partial charge in [-0.3, -0.25) is 4.79 Å². The Kier molecular flexibility index (Phi) is 34.9. The summed E-state index contributed by atoms with van der Waals surface area (Å²) >= 11 is 0. The van der Waals surface area contributed by atoms with Crippen molar-refractivity contribution in [2.45, 2.75) is 110 Å². The topological polar surface area (TPSA) is 105 Å². The average molecular weight is 479 g/mol. The number of rotatable bonds is 26. The van der Waals surface area contributed by atoms with Crippen molar-refractivity contribution in [2.24, 2.45) is 0 Å². The molecule has 0 heterocycles. The van der Waals surface area contributed by atoms with E-state index in [1.807, 2.05) is 0 Å². The van der Waals surface area contributed by atoms with Crippen LogP contribution in [0, 0.1) is 0 Å². The molecule has 0 aliphatic carbocycles. The van der Waals surface area contributed by atoms with Crippen LogP contribution in [-0.4, -0.2) is 74.1 Å². The first-order valence-electron chi connectivity index (χ1n) is 13.4. The van der Waals surface area contributed by atoms with Gasteiger partial charge in [0.2, 0.25) is 0 Å². The molecule has 0 aliphatic rings. The van der Waals surface area contributed by atoms with E-state index in [9.17, 15) is 4.79 Å². The fourth-order valence-electron chi connectivity index (χ4n) is 3.32. The van der Waals surface area contributed by atoms with Crippen LogP contribution in [0.2, 0.25) is 0 Å². The van der Waals surface area contributed by atoms with Crippen LogP contribution < -0.4 is 0 Å². The Balaban J connectivity index is 0. The van der Waals surface area contributed by atoms with Crippen LogP contribution in [0.25, 0.3) is 0 Å². The lowest BCUT2D eigenvalue weighted by Gasteiger charge is -2.04. The van der Waals surface area contributed by atoms with Crippen LogP contribution >= 0.6 is 0 Å². The summed E-state index contributed by atoms with van der Waals surface area (Å²) in [6.07, 6.45) is 20.2. The first kappa shape index (κ1) is 34.4. The van der Waals surface area contributed by atoms with E-state index in [2.05, 4.69) is 6.92 Å². The van der Waals surface area contributed by atoms with E-state index in [0.29, 0.717) is 46.1 Å². The number of unbranched alkanes of at least 4 members (excludes halogenated alkanes) is 14. The summed E-state index contributed by atoms with van der Waals surface area (Å²) in [5.74, 6) is -0.653. The van der Waals surface area contributed by atoms with Crippen LogP contribution in [-0.2, 0) is 19.0 Å². The van der Waals surface area contributed by atoms with E-state index >= 15 is 0 Å². The number of ether oxygens (including phenoxy) is 3. The average Bonchev–Trinajstić information content (AvgIpc) is 2.81. The van der Waals surface area contributed by atoms with Gasteiger partial charge >= 0.3 is 5.97 Å². The normalized spacial score (nSPS) is 10.8. The second kappa shape index (κ2) is 33.4. The SMILES string of the molecule is CCCCCCCCCCCCCCCCCC(=O)O.OCCOCCOCCOCCO. The molecule has 0 bridgehead atoms. The Morgan fingerprint density at radius 1 is 0.515 bits per heavy atom. The van der Waals surface area contributed by atoms with Gasteiger partial charge in [-0.2, -0.15) is 0 Å². The van der Waals surface area contributed by atoms with Gasteiger partial charge in [0.25, 0.3) is 0 Å². The number of carboxylic acid groups (broad SMARTS) is 1. The van der Waals surface area contributed by atoms with Crippen molar-refractivity contribution in [1.29, 1.82) is 0 Å². The van der Waals surface area contributed by atoms with Crippen LogP contribution in [0.4, 0.5) is 0 Å². The molecule has 0 unspecified atom stereocenters. The number of carboxylic acids is 1. The second-order valence-corrected chi connectivity index (χ2v) is 8.38. The molecule has 0 amide bonds. The third kappa shape index (κ3) is 38.8. The molecule has 7 nitrogen and oxygen atoms in total. The highest BCUT2D eigenvalue weighted by molar-refractivity contribution is 5.66. The molecular weight excluding hydrogens is 424 g/mol. The molecule has 0 aliphatic heterocycles. The largest absolute Gasteiger partial charge is 0.481 e. The molecule has 0 aromatic carbocycles. The van der Waals surface area contributed by atoms with E-state index in [4.69, 9.17) is 29.5 Å². The number of aliphatic hydroxyl groups is 2. The van der Waals surface area contributed by atoms with E-state index in [1.54, 1.807) is 0 Å². The van der Waals surface area contributed by atoms with Crippen LogP contribution in [0.5, 0.6) is 0 Å². The van der Waals surface area contributed by atoms with Crippen molar-refractivity contribution in [3.05, 3.63) is 0 Å². The summed E-state index contributed by atoms with van der Waals surface area (Å²) in [5, 5.41) is 25.2. The molecule has 0 rings (SSSR count). The van der Waals surface area contributed by atoms with Gasteiger partial charge < -0.3 is 29.5 Å². The Bertz CT molecular complexity index is 344. The fourth-order valence-corrected chi connectivity index (χ4v) is 3.32. The number of aliphatic hydroxyl groups excluding tert-OH is 2. The standard InChI is InChI=1S/C18H36O2.C8H18O5/c1-2-3-4-5-6-7-8-9-10-11-12-13-14-15-16-17-18(19)20;9-1-3-11-5-7-13-8-6-12-4-2-10/h2-17H2,1H3,(H,19,20);9-10H,1-8H2. The number of hydrogen-bond donors (Lipinski definition) is 3. The highest BCUT2D eigenvalue weighted by Crippen LogP contribution is 2.13. The highest BCUT2D eigenvalue weighted by Gasteiger charge is 1.97. The van der Waals surface area contributed by atoms with Gasteiger partial charge in [-0.25, -0.2) is 0 Å². The molecule has 0 atom stereocenters. The van der Waals surface area contributed by atoms with Crippen molar-refractivity contribution < 1.29 is 34.3 Å². The molecule has 0 aromatic rings. The number of carbonyl (C=O) groups is 1. The smallest absolute Gasteiger partial charge is 0.303 e. The summed E-state index contributed by atoms with van der Waals surface area (Å²) in [4.78, 5) is 10.3. The summed E-state index contributed by atoms with van der Waals surface area (Å²) in [6.45, 7) is 5.03. The Labute approximate surface area is 203 Å². The third-order valence-corrected chi connectivity index (χ3v) is 5.21. The van der Waals surface area contributed by atoms with Crippen molar-refractivity contribution in [2.75, 3.05) is 52.9 Å². The summed E-state index contributed by atoms with van der Waals surface area (Å²) in [6, 6.07) is 0. The monoisotopic (exact) mass is 478 g/mol. The van der Waals surface area contributed by atoms with Gasteiger partial charge in [0, 0.05) is 6.42 Å². The highest BCUT2D eigenvalue weighted by atomic mass is 16.5. The zero-order valence-electron chi connectivity index (χ0n) is 21.4. The summed E-state index contributed by atoms with van der Waals surface area (Å²) < 4.78 is 15.0. The maximum Gasteiger partial charge on any atom is 0.303 e. The first-order chi connectivity index (χ1) is 16.2. The molecule has 0 fully saturated rings. The molecule has 0 radical (unpaired) electrons. The molecule has 200 valence electrons. The second-order valence-electron chi connectivity index (χ2n) is 8.38. The van der Waals surface area contributed by atoms with Gasteiger partial charge in [0.15, 0.2) is 0 Å². The van der Waals surface area contributed by atoms with E-state index in [1.165, 1.54) is 83.5 Å². The van der Waals surface area contributed by atoms with Gasteiger partial charge in [-0.1, -0.05) is 96.8 Å². The van der Waals surface area contributed by atoms with Crippen molar-refractivity contribution in [1.82, 2.24) is 0 Å². The van der Waals surface area contributed by atoms with E-state index in [-0.39, 0.29) is 13.2 Å². The van der Waals surface area contributed by atoms with Crippen LogP contribution in [0.3, 0.4) is 0 Å². The lowest BCUT2D eigenvalue weighted by molar-refractivity contribution is -0.137. The molecule has 7 heteroatoms. The molecule has 0 saturated carbocycles. The van der Waals surface area contributed by atoms with Gasteiger partial charge in [-0.15, -0.1) is 0 Å². The maximum atomic E-state index is 10.3. The lowest BCUT2D eigenvalue weighted by Crippen LogP contribution is -2.11. The maximum absolute atomic E-state index is 10.3. The zero-order valence-corrected chi connectivity index (χ0v) is 21.4. The van der Waals surface area contributed by atoms with Crippen molar-refractivity contribution in [3.63, 3.8) is 0 Å². The van der Waals surface area contributed by atoms with Gasteiger partial charge in [0.05, 0.1) is 52.9 Å². The van der Waals surface area contributed by atoms with Crippen LogP contribution in [0.15, 0.2) is 0 Å². The molecule has 0 spiro atoms. The first-order valence-corrected chi connectivity index (χ1v) is 13.4. The van der Waals surface area contributed by atoms with Crippen molar-refractivity contribution in [3.8, 4) is 0 Å². The predicted octanol–water partition coefficient (Wildman–Crippen LogP) is 5.35. The minimum Gasteiger partial charge on any atom is -0.481 e. The minimum absolute atomic E-state index is 0.0413. The molecule has 0 aromatic heterocycles. The Morgan fingerprint density at radius 3 is 1.12 bits per heavy atom. The molecule has 0 saturated heterocycles. The third-order valence-electron chi connectivity index (χ3n) is 5.21. The quantitative estimate of drug-likeness (QED) is 0.144. The lowest BCUT2D eigenvalue weighted by atomic mass is 10.0. The van der Waals surface area contributed by atoms with Gasteiger partial charge in [-0.05, 0) is 6.42 Å². The Hall–Kier alpha value is -0.730. The summed E-state index contributed by atoms with van der Waals surface area (Å²) in [7, 11) is 0. The predicted molar refractivity (Wildman–Crippen MR) is 134 cm³/mol. The fraction of sp³-hybridized carbons (Fsp3) is 0.962. The molecule has 3 N–H and O–H groups in total. The van der Waals surface area contributed by atoms with E-state index < -0.39 is 5.97 Å². The molecule has 33 heavy (non-hydrogen) atoms. The van der Waals surface area contributed by atoms with Crippen molar-refractivity contribution >= 4 is 5.97 Å². The number of aliphatic carboxylic acids is 1. The van der Waals surface area contributed by atoms with E-state index in [0.717, 1.165) is 12.8 Å². The van der Waals surface area contributed by atoms with Crippen LogP contribution in [0.1, 0.15) is 110 Å². The number of hydrogen-bond acceptors (Lipinski definition) is 6. The molecular formula is C26H54O7.